The standard InChI is InChI=1S/C22H18ClN3O2S/c23-18-10-8-17(9-11-18)22-26-19(15-29-22)12-14-25-21(28)20(27)24-13-4-7-16-5-2-1-3-6-16/h1-3,5-6,8-11,15H,12-14H2,(H,24,27)(H,25,28). The molecule has 2 amide bonds. The van der Waals surface area contributed by atoms with Crippen LogP contribution < -0.4 is 10.6 Å². The fourth-order valence-corrected chi connectivity index (χ4v) is 3.39. The number of nitrogens with one attached hydrogen (secondary N) is 2. The molecule has 1 heterocycles. The Bertz CT molecular complexity index is 1040. The van der Waals surface area contributed by atoms with Gasteiger partial charge in [-0.05, 0) is 24.3 Å². The van der Waals surface area contributed by atoms with Gasteiger partial charge in [-0.3, -0.25) is 9.59 Å². The highest BCUT2D eigenvalue weighted by molar-refractivity contribution is 7.13. The van der Waals surface area contributed by atoms with Gasteiger partial charge in [0.15, 0.2) is 0 Å². The van der Waals surface area contributed by atoms with Crippen molar-refractivity contribution in [1.29, 1.82) is 0 Å². The number of carbonyl (C=O) groups excluding carboxylic acids is 2. The van der Waals surface area contributed by atoms with E-state index in [4.69, 9.17) is 11.6 Å². The molecule has 2 N–H and O–H groups in total. The molecule has 2 aromatic carbocycles. The van der Waals surface area contributed by atoms with Crippen LogP contribution in [0.25, 0.3) is 10.6 Å². The molecule has 3 aromatic rings. The summed E-state index contributed by atoms with van der Waals surface area (Å²) in [5.41, 5.74) is 2.70. The first kappa shape index (κ1) is 20.6. The quantitative estimate of drug-likeness (QED) is 0.488. The molecule has 0 aliphatic carbocycles. The second-order valence-corrected chi connectivity index (χ2v) is 7.30. The molecule has 0 unspecified atom stereocenters. The third-order valence-electron chi connectivity index (χ3n) is 3.86. The molecule has 3 rings (SSSR count). The Balaban J connectivity index is 1.40. The minimum atomic E-state index is -0.701. The van der Waals surface area contributed by atoms with Gasteiger partial charge >= 0.3 is 11.8 Å². The van der Waals surface area contributed by atoms with Crippen LogP contribution in [0.4, 0.5) is 0 Å². The molecule has 0 aliphatic rings. The van der Waals surface area contributed by atoms with E-state index in [0.29, 0.717) is 18.0 Å². The summed E-state index contributed by atoms with van der Waals surface area (Å²) < 4.78 is 0. The fourth-order valence-electron chi connectivity index (χ4n) is 2.40. The topological polar surface area (TPSA) is 71.1 Å². The Kier molecular flexibility index (Phi) is 7.40. The van der Waals surface area contributed by atoms with E-state index in [1.165, 1.54) is 11.3 Å². The number of halogens is 1. The van der Waals surface area contributed by atoms with E-state index >= 15 is 0 Å². The number of carbonyl (C=O) groups is 2. The monoisotopic (exact) mass is 423 g/mol. The largest absolute Gasteiger partial charge is 0.347 e. The maximum atomic E-state index is 11.9. The number of nitrogens with zero attached hydrogens (tertiary/aromatic N) is 1. The molecule has 1 aromatic heterocycles. The van der Waals surface area contributed by atoms with Crippen LogP contribution in [0, 0.1) is 11.8 Å². The summed E-state index contributed by atoms with van der Waals surface area (Å²) in [5.74, 6) is 4.34. The number of hydrogen-bond acceptors (Lipinski definition) is 4. The van der Waals surface area contributed by atoms with Gasteiger partial charge in [0, 0.05) is 34.5 Å². The maximum absolute atomic E-state index is 11.9. The van der Waals surface area contributed by atoms with E-state index in [2.05, 4.69) is 27.5 Å². The third kappa shape index (κ3) is 6.46. The minimum absolute atomic E-state index is 0.109. The Hall–Kier alpha value is -3.14. The zero-order valence-electron chi connectivity index (χ0n) is 15.4. The zero-order valence-corrected chi connectivity index (χ0v) is 17.0. The van der Waals surface area contributed by atoms with Crippen molar-refractivity contribution in [3.63, 3.8) is 0 Å². The molecule has 146 valence electrons. The van der Waals surface area contributed by atoms with Gasteiger partial charge < -0.3 is 10.6 Å². The summed E-state index contributed by atoms with van der Waals surface area (Å²) in [6.07, 6.45) is 0.539. The molecule has 0 radical (unpaired) electrons. The van der Waals surface area contributed by atoms with Crippen molar-refractivity contribution in [3.8, 4) is 22.4 Å². The highest BCUT2D eigenvalue weighted by atomic mass is 35.5. The first-order valence-electron chi connectivity index (χ1n) is 8.92. The predicted molar refractivity (Wildman–Crippen MR) is 116 cm³/mol. The molecule has 0 atom stereocenters. The van der Waals surface area contributed by atoms with Crippen LogP contribution in [0.2, 0.25) is 5.02 Å². The van der Waals surface area contributed by atoms with E-state index < -0.39 is 11.8 Å². The molecule has 0 bridgehead atoms. The van der Waals surface area contributed by atoms with Crippen LogP contribution in [-0.2, 0) is 16.0 Å². The van der Waals surface area contributed by atoms with Crippen LogP contribution in [-0.4, -0.2) is 29.9 Å². The van der Waals surface area contributed by atoms with Crippen molar-refractivity contribution in [2.24, 2.45) is 0 Å². The molecule has 5 nitrogen and oxygen atoms in total. The van der Waals surface area contributed by atoms with Crippen molar-refractivity contribution in [1.82, 2.24) is 15.6 Å². The Morgan fingerprint density at radius 3 is 2.48 bits per heavy atom. The molecule has 0 saturated heterocycles. The predicted octanol–water partition coefficient (Wildman–Crippen LogP) is 3.29. The normalized spacial score (nSPS) is 9.97. The molecule has 29 heavy (non-hydrogen) atoms. The molecule has 0 fully saturated rings. The summed E-state index contributed by atoms with van der Waals surface area (Å²) in [6, 6.07) is 16.9. The van der Waals surface area contributed by atoms with Gasteiger partial charge in [-0.25, -0.2) is 4.98 Å². The number of benzene rings is 2. The lowest BCUT2D eigenvalue weighted by molar-refractivity contribution is -0.139. The second-order valence-electron chi connectivity index (χ2n) is 6.01. The van der Waals surface area contributed by atoms with Gasteiger partial charge in [-0.2, -0.15) is 0 Å². The Labute approximate surface area is 178 Å². The second kappa shape index (κ2) is 10.4. The number of rotatable bonds is 5. The molecule has 0 spiro atoms. The van der Waals surface area contributed by atoms with E-state index in [1.54, 1.807) is 0 Å². The number of thiazole rings is 1. The van der Waals surface area contributed by atoms with Crippen LogP contribution >= 0.6 is 22.9 Å². The van der Waals surface area contributed by atoms with Gasteiger partial charge in [-0.1, -0.05) is 53.8 Å². The number of aromatic nitrogens is 1. The van der Waals surface area contributed by atoms with Gasteiger partial charge in [0.2, 0.25) is 0 Å². The number of hydrogen-bond donors (Lipinski definition) is 2. The summed E-state index contributed by atoms with van der Waals surface area (Å²) in [5, 5.41) is 8.58. The van der Waals surface area contributed by atoms with Gasteiger partial charge in [0.05, 0.1) is 12.2 Å². The number of amides is 2. The van der Waals surface area contributed by atoms with Crippen molar-refractivity contribution in [2.45, 2.75) is 6.42 Å². The van der Waals surface area contributed by atoms with Gasteiger partial charge in [0.25, 0.3) is 0 Å². The zero-order chi connectivity index (χ0) is 20.5. The lowest BCUT2D eigenvalue weighted by atomic mass is 10.2. The van der Waals surface area contributed by atoms with Gasteiger partial charge in [-0.15, -0.1) is 11.3 Å². The van der Waals surface area contributed by atoms with Gasteiger partial charge in [0.1, 0.15) is 5.01 Å². The van der Waals surface area contributed by atoms with E-state index in [1.807, 2.05) is 60.0 Å². The van der Waals surface area contributed by atoms with Crippen LogP contribution in [0.5, 0.6) is 0 Å². The van der Waals surface area contributed by atoms with Crippen LogP contribution in [0.15, 0.2) is 60.0 Å². The van der Waals surface area contributed by atoms with E-state index in [9.17, 15) is 9.59 Å². The summed E-state index contributed by atoms with van der Waals surface area (Å²) in [6.45, 7) is 0.434. The van der Waals surface area contributed by atoms with E-state index in [0.717, 1.165) is 21.8 Å². The molecular formula is C22H18ClN3O2S. The Morgan fingerprint density at radius 1 is 1.00 bits per heavy atom. The molecule has 0 aliphatic heterocycles. The van der Waals surface area contributed by atoms with Crippen molar-refractivity contribution in [3.05, 3.63) is 76.3 Å². The summed E-state index contributed by atoms with van der Waals surface area (Å²) in [4.78, 5) is 28.2. The molecule has 0 saturated carbocycles. The van der Waals surface area contributed by atoms with Crippen LogP contribution in [0.1, 0.15) is 11.3 Å². The summed E-state index contributed by atoms with van der Waals surface area (Å²) in [7, 11) is 0. The van der Waals surface area contributed by atoms with Crippen molar-refractivity contribution >= 4 is 34.8 Å². The highest BCUT2D eigenvalue weighted by Crippen LogP contribution is 2.25. The summed E-state index contributed by atoms with van der Waals surface area (Å²) >= 11 is 7.42. The lowest BCUT2D eigenvalue weighted by Crippen LogP contribution is -2.40. The first-order valence-corrected chi connectivity index (χ1v) is 10.2. The van der Waals surface area contributed by atoms with E-state index in [-0.39, 0.29) is 6.54 Å². The van der Waals surface area contributed by atoms with Crippen LogP contribution in [0.3, 0.4) is 0 Å². The highest BCUT2D eigenvalue weighted by Gasteiger charge is 2.12. The average molecular weight is 424 g/mol. The Morgan fingerprint density at radius 2 is 1.72 bits per heavy atom. The maximum Gasteiger partial charge on any atom is 0.310 e. The molecular weight excluding hydrogens is 406 g/mol. The SMILES string of the molecule is O=C(NCC#Cc1ccccc1)C(=O)NCCc1csc(-c2ccc(Cl)cc2)n1. The van der Waals surface area contributed by atoms with Crippen molar-refractivity contribution in [2.75, 3.05) is 13.1 Å². The van der Waals surface area contributed by atoms with Crippen molar-refractivity contribution < 1.29 is 9.59 Å². The average Bonchev–Trinajstić information content (AvgIpc) is 3.21. The first-order chi connectivity index (χ1) is 14.1. The molecule has 7 heteroatoms. The minimum Gasteiger partial charge on any atom is -0.347 e. The third-order valence-corrected chi connectivity index (χ3v) is 5.05. The lowest BCUT2D eigenvalue weighted by Gasteiger charge is -2.03. The fraction of sp³-hybridized carbons (Fsp3) is 0.136. The smallest absolute Gasteiger partial charge is 0.310 e.